The third-order valence-electron chi connectivity index (χ3n) is 4.71. The molecule has 140 valence electrons. The van der Waals surface area contributed by atoms with Crippen LogP contribution in [-0.4, -0.2) is 15.1 Å². The Morgan fingerprint density at radius 2 is 1.82 bits per heavy atom. The van der Waals surface area contributed by atoms with Gasteiger partial charge in [-0.1, -0.05) is 41.9 Å². The highest BCUT2D eigenvalue weighted by Gasteiger charge is 2.21. The minimum Gasteiger partial charge on any atom is -0.505 e. The molecule has 28 heavy (non-hydrogen) atoms. The van der Waals surface area contributed by atoms with Crippen LogP contribution in [0.25, 0.3) is 10.9 Å². The Kier molecular flexibility index (Phi) is 4.88. The molecular formula is C23H20ClN3O. The van der Waals surface area contributed by atoms with Crippen molar-refractivity contribution in [2.45, 2.75) is 19.9 Å². The molecule has 2 heterocycles. The molecule has 5 heteroatoms. The van der Waals surface area contributed by atoms with Crippen LogP contribution in [0.15, 0.2) is 66.9 Å². The summed E-state index contributed by atoms with van der Waals surface area (Å²) in [6.07, 6.45) is 1.76. The highest BCUT2D eigenvalue weighted by atomic mass is 35.5. The molecule has 0 bridgehead atoms. The smallest absolute Gasteiger partial charge is 0.147 e. The SMILES string of the molecule is Cc1ccnc(NC(c2cccc(Cl)c2)c2ccc3ccc(C)nc3c2O)c1. The van der Waals surface area contributed by atoms with Crippen molar-refractivity contribution in [2.75, 3.05) is 5.32 Å². The zero-order valence-corrected chi connectivity index (χ0v) is 16.4. The predicted octanol–water partition coefficient (Wildman–Crippen LogP) is 5.81. The minimum absolute atomic E-state index is 0.159. The second kappa shape index (κ2) is 7.49. The number of aryl methyl sites for hydroxylation is 2. The molecule has 2 aromatic heterocycles. The van der Waals surface area contributed by atoms with Crippen LogP contribution >= 0.6 is 11.6 Å². The first kappa shape index (κ1) is 18.3. The molecule has 2 aromatic carbocycles. The van der Waals surface area contributed by atoms with E-state index in [4.69, 9.17) is 11.6 Å². The Hall–Kier alpha value is -3.11. The van der Waals surface area contributed by atoms with Crippen LogP contribution in [-0.2, 0) is 0 Å². The lowest BCUT2D eigenvalue weighted by Crippen LogP contribution is -2.14. The molecule has 0 saturated heterocycles. The topological polar surface area (TPSA) is 58.0 Å². The van der Waals surface area contributed by atoms with Crippen LogP contribution in [0.4, 0.5) is 5.82 Å². The van der Waals surface area contributed by atoms with E-state index >= 15 is 0 Å². The number of hydrogen-bond acceptors (Lipinski definition) is 4. The van der Waals surface area contributed by atoms with E-state index in [-0.39, 0.29) is 11.8 Å². The predicted molar refractivity (Wildman–Crippen MR) is 114 cm³/mol. The Labute approximate surface area is 168 Å². The average molecular weight is 390 g/mol. The van der Waals surface area contributed by atoms with Gasteiger partial charge in [-0.3, -0.25) is 0 Å². The Balaban J connectivity index is 1.87. The largest absolute Gasteiger partial charge is 0.505 e. The van der Waals surface area contributed by atoms with Crippen molar-refractivity contribution in [3.63, 3.8) is 0 Å². The lowest BCUT2D eigenvalue weighted by Gasteiger charge is -2.22. The summed E-state index contributed by atoms with van der Waals surface area (Å²) in [5.41, 5.74) is 4.19. The molecule has 1 atom stereocenters. The molecule has 0 aliphatic heterocycles. The van der Waals surface area contributed by atoms with Crippen LogP contribution in [0, 0.1) is 13.8 Å². The van der Waals surface area contributed by atoms with E-state index in [1.54, 1.807) is 6.20 Å². The van der Waals surface area contributed by atoms with Crippen molar-refractivity contribution >= 4 is 28.3 Å². The van der Waals surface area contributed by atoms with Gasteiger partial charge in [0.1, 0.15) is 17.1 Å². The van der Waals surface area contributed by atoms with Crippen molar-refractivity contribution in [3.8, 4) is 5.75 Å². The van der Waals surface area contributed by atoms with Gasteiger partial charge in [-0.25, -0.2) is 9.97 Å². The van der Waals surface area contributed by atoms with Gasteiger partial charge in [0.2, 0.25) is 0 Å². The number of nitrogens with zero attached hydrogens (tertiary/aromatic N) is 2. The standard InChI is InChI=1S/C23H20ClN3O/c1-14-10-11-25-20(12-14)27-21(17-4-3-5-18(24)13-17)19-9-8-16-7-6-15(2)26-22(16)23(19)28/h3-13,21,28H,1-2H3,(H,25,27). The molecule has 0 aliphatic carbocycles. The number of hydrogen-bond donors (Lipinski definition) is 2. The maximum absolute atomic E-state index is 11.1. The van der Waals surface area contributed by atoms with Gasteiger partial charge < -0.3 is 10.4 Å². The van der Waals surface area contributed by atoms with E-state index in [1.165, 1.54) is 0 Å². The van der Waals surface area contributed by atoms with Gasteiger partial charge in [-0.15, -0.1) is 0 Å². The van der Waals surface area contributed by atoms with Gasteiger partial charge in [0.05, 0.1) is 6.04 Å². The molecule has 4 rings (SSSR count). The van der Waals surface area contributed by atoms with Gasteiger partial charge in [-0.2, -0.15) is 0 Å². The number of anilines is 1. The summed E-state index contributed by atoms with van der Waals surface area (Å²) in [6.45, 7) is 3.93. The van der Waals surface area contributed by atoms with Gasteiger partial charge in [0.15, 0.2) is 0 Å². The van der Waals surface area contributed by atoms with Gasteiger partial charge in [0, 0.05) is 27.9 Å². The lowest BCUT2D eigenvalue weighted by molar-refractivity contribution is 0.471. The monoisotopic (exact) mass is 389 g/mol. The third kappa shape index (κ3) is 3.64. The summed E-state index contributed by atoms with van der Waals surface area (Å²) in [7, 11) is 0. The van der Waals surface area contributed by atoms with E-state index in [9.17, 15) is 5.11 Å². The van der Waals surface area contributed by atoms with Crippen LogP contribution in [0.5, 0.6) is 5.75 Å². The first-order valence-corrected chi connectivity index (χ1v) is 9.43. The average Bonchev–Trinajstić information content (AvgIpc) is 2.67. The molecule has 0 radical (unpaired) electrons. The fourth-order valence-electron chi connectivity index (χ4n) is 3.31. The van der Waals surface area contributed by atoms with E-state index in [1.807, 2.05) is 74.5 Å². The number of aromatic nitrogens is 2. The third-order valence-corrected chi connectivity index (χ3v) is 4.94. The summed E-state index contributed by atoms with van der Waals surface area (Å²) in [4.78, 5) is 8.95. The highest BCUT2D eigenvalue weighted by Crippen LogP contribution is 2.37. The van der Waals surface area contributed by atoms with E-state index in [0.29, 0.717) is 10.5 Å². The number of benzene rings is 2. The number of fused-ring (bicyclic) bond motifs is 1. The van der Waals surface area contributed by atoms with Crippen LogP contribution in [0.2, 0.25) is 5.02 Å². The Morgan fingerprint density at radius 3 is 2.61 bits per heavy atom. The molecule has 4 aromatic rings. The van der Waals surface area contributed by atoms with Gasteiger partial charge in [0.25, 0.3) is 0 Å². The fraction of sp³-hybridized carbons (Fsp3) is 0.130. The molecule has 1 unspecified atom stereocenters. The molecule has 2 N–H and O–H groups in total. The summed E-state index contributed by atoms with van der Waals surface area (Å²) >= 11 is 6.24. The molecule has 4 nitrogen and oxygen atoms in total. The molecular weight excluding hydrogens is 370 g/mol. The number of nitrogens with one attached hydrogen (secondary N) is 1. The first-order chi connectivity index (χ1) is 13.5. The minimum atomic E-state index is -0.334. The van der Waals surface area contributed by atoms with Crippen LogP contribution in [0.3, 0.4) is 0 Å². The number of rotatable bonds is 4. The number of phenols is 1. The maximum atomic E-state index is 11.1. The Morgan fingerprint density at radius 1 is 1.00 bits per heavy atom. The number of pyridine rings is 2. The molecule has 0 aliphatic rings. The van der Waals surface area contributed by atoms with Crippen LogP contribution < -0.4 is 5.32 Å². The van der Waals surface area contributed by atoms with Crippen molar-refractivity contribution < 1.29 is 5.11 Å². The summed E-state index contributed by atoms with van der Waals surface area (Å²) < 4.78 is 0. The zero-order chi connectivity index (χ0) is 19.7. The normalized spacial score (nSPS) is 12.1. The zero-order valence-electron chi connectivity index (χ0n) is 15.6. The van der Waals surface area contributed by atoms with Crippen LogP contribution in [0.1, 0.15) is 28.4 Å². The molecule has 0 fully saturated rings. The summed E-state index contributed by atoms with van der Waals surface area (Å²) in [5, 5.41) is 16.0. The van der Waals surface area contributed by atoms with E-state index < -0.39 is 0 Å². The van der Waals surface area contributed by atoms with Crippen molar-refractivity contribution in [3.05, 3.63) is 94.3 Å². The number of aromatic hydroxyl groups is 1. The second-order valence-corrected chi connectivity index (χ2v) is 7.31. The van der Waals surface area contributed by atoms with Gasteiger partial charge in [-0.05, 0) is 55.3 Å². The van der Waals surface area contributed by atoms with Gasteiger partial charge >= 0.3 is 0 Å². The highest BCUT2D eigenvalue weighted by molar-refractivity contribution is 6.30. The van der Waals surface area contributed by atoms with E-state index in [2.05, 4.69) is 15.3 Å². The molecule has 0 amide bonds. The Bertz CT molecular complexity index is 1160. The molecule has 0 saturated carbocycles. The number of phenolic OH excluding ortho intramolecular Hbond substituents is 1. The second-order valence-electron chi connectivity index (χ2n) is 6.88. The maximum Gasteiger partial charge on any atom is 0.147 e. The van der Waals surface area contributed by atoms with Crippen molar-refractivity contribution in [1.29, 1.82) is 0 Å². The molecule has 0 spiro atoms. The fourth-order valence-corrected chi connectivity index (χ4v) is 3.51. The first-order valence-electron chi connectivity index (χ1n) is 9.05. The van der Waals surface area contributed by atoms with E-state index in [0.717, 1.165) is 33.6 Å². The summed E-state index contributed by atoms with van der Waals surface area (Å²) in [5.74, 6) is 0.882. The van der Waals surface area contributed by atoms with Crippen molar-refractivity contribution in [1.82, 2.24) is 9.97 Å². The number of halogens is 1. The quantitative estimate of drug-likeness (QED) is 0.462. The summed E-state index contributed by atoms with van der Waals surface area (Å²) in [6, 6.07) is 19.0. The van der Waals surface area contributed by atoms with Crippen molar-refractivity contribution in [2.24, 2.45) is 0 Å². The lowest BCUT2D eigenvalue weighted by atomic mass is 9.96.